The van der Waals surface area contributed by atoms with Crippen molar-refractivity contribution in [1.82, 2.24) is 0 Å². The maximum Gasteiger partial charge on any atom is 0.165 e. The molecular formula is C15H13ClF2N2OS. The van der Waals surface area contributed by atoms with E-state index in [9.17, 15) is 8.78 Å². The number of benzene rings is 2. The third-order valence-electron chi connectivity index (χ3n) is 2.57. The molecule has 0 radical (unpaired) electrons. The number of hydrogen-bond donors (Lipinski definition) is 1. The zero-order valence-electron chi connectivity index (χ0n) is 11.4. The molecule has 0 aromatic heterocycles. The minimum atomic E-state index is -0.509. The Balaban J connectivity index is 1.82. The second-order valence-electron chi connectivity index (χ2n) is 4.18. The number of amidine groups is 1. The van der Waals surface area contributed by atoms with Gasteiger partial charge in [-0.05, 0) is 30.3 Å². The van der Waals surface area contributed by atoms with Gasteiger partial charge in [0.05, 0.1) is 17.3 Å². The van der Waals surface area contributed by atoms with E-state index in [1.54, 1.807) is 18.2 Å². The number of thioether (sulfide) groups is 1. The summed E-state index contributed by atoms with van der Waals surface area (Å²) in [4.78, 5) is 4.10. The average Bonchev–Trinajstić information content (AvgIpc) is 2.49. The fourth-order valence-corrected chi connectivity index (χ4v) is 2.29. The summed E-state index contributed by atoms with van der Waals surface area (Å²) in [6, 6.07) is 10.3. The van der Waals surface area contributed by atoms with E-state index in [4.69, 9.17) is 22.1 Å². The van der Waals surface area contributed by atoms with Gasteiger partial charge in [0.2, 0.25) is 0 Å². The molecule has 22 heavy (non-hydrogen) atoms. The van der Waals surface area contributed by atoms with Crippen molar-refractivity contribution in [3.63, 3.8) is 0 Å². The van der Waals surface area contributed by atoms with Crippen LogP contribution in [0.15, 0.2) is 47.5 Å². The molecule has 0 saturated carbocycles. The van der Waals surface area contributed by atoms with Crippen molar-refractivity contribution in [3.05, 3.63) is 59.1 Å². The molecule has 0 aliphatic carbocycles. The third kappa shape index (κ3) is 4.89. The fourth-order valence-electron chi connectivity index (χ4n) is 1.57. The predicted molar refractivity (Wildman–Crippen MR) is 87.0 cm³/mol. The van der Waals surface area contributed by atoms with E-state index < -0.39 is 11.6 Å². The normalized spacial score (nSPS) is 11.5. The van der Waals surface area contributed by atoms with Crippen LogP contribution in [0.1, 0.15) is 0 Å². The SMILES string of the molecule is NC(=Nc1ccc(F)c(Cl)c1)SCCOc1ccccc1F. The molecule has 2 aromatic carbocycles. The molecule has 0 saturated heterocycles. The summed E-state index contributed by atoms with van der Waals surface area (Å²) in [5.74, 6) is -0.220. The van der Waals surface area contributed by atoms with Gasteiger partial charge in [-0.1, -0.05) is 35.5 Å². The lowest BCUT2D eigenvalue weighted by Gasteiger charge is -2.06. The second-order valence-corrected chi connectivity index (χ2v) is 5.70. The standard InChI is InChI=1S/C15H13ClF2N2OS/c16-11-9-10(5-6-12(11)17)20-15(19)22-8-7-21-14-4-2-1-3-13(14)18/h1-6,9H,7-8H2,(H2,19,20). The molecule has 0 aliphatic heterocycles. The number of nitrogens with zero attached hydrogens (tertiary/aromatic N) is 1. The molecule has 0 unspecified atom stereocenters. The van der Waals surface area contributed by atoms with Crippen LogP contribution >= 0.6 is 23.4 Å². The molecule has 7 heteroatoms. The Hall–Kier alpha value is -1.79. The Morgan fingerprint density at radius 1 is 1.18 bits per heavy atom. The Morgan fingerprint density at radius 2 is 1.95 bits per heavy atom. The van der Waals surface area contributed by atoms with Crippen molar-refractivity contribution in [2.45, 2.75) is 0 Å². The number of hydrogen-bond acceptors (Lipinski definition) is 3. The quantitative estimate of drug-likeness (QED) is 0.498. The van der Waals surface area contributed by atoms with Crippen molar-refractivity contribution >= 4 is 34.2 Å². The van der Waals surface area contributed by atoms with E-state index in [-0.39, 0.29) is 17.4 Å². The van der Waals surface area contributed by atoms with Crippen LogP contribution in [0.25, 0.3) is 0 Å². The number of rotatable bonds is 5. The molecule has 0 fully saturated rings. The van der Waals surface area contributed by atoms with Crippen LogP contribution in [-0.4, -0.2) is 17.5 Å². The van der Waals surface area contributed by atoms with Crippen LogP contribution in [-0.2, 0) is 0 Å². The first-order chi connectivity index (χ1) is 10.6. The number of ether oxygens (including phenoxy) is 1. The lowest BCUT2D eigenvalue weighted by atomic mass is 10.3. The van der Waals surface area contributed by atoms with Crippen LogP contribution in [0.4, 0.5) is 14.5 Å². The topological polar surface area (TPSA) is 47.6 Å². The molecule has 0 aliphatic rings. The van der Waals surface area contributed by atoms with Crippen molar-refractivity contribution in [2.75, 3.05) is 12.4 Å². The highest BCUT2D eigenvalue weighted by Gasteiger charge is 2.03. The lowest BCUT2D eigenvalue weighted by Crippen LogP contribution is -2.10. The summed E-state index contributed by atoms with van der Waals surface area (Å²) in [5.41, 5.74) is 6.21. The van der Waals surface area contributed by atoms with Gasteiger partial charge in [0.1, 0.15) is 5.82 Å². The van der Waals surface area contributed by atoms with E-state index in [0.717, 1.165) is 0 Å². The smallest absolute Gasteiger partial charge is 0.165 e. The lowest BCUT2D eigenvalue weighted by molar-refractivity contribution is 0.325. The van der Waals surface area contributed by atoms with Gasteiger partial charge >= 0.3 is 0 Å². The fraction of sp³-hybridized carbons (Fsp3) is 0.133. The molecule has 2 rings (SSSR count). The van der Waals surface area contributed by atoms with Crippen LogP contribution in [0, 0.1) is 11.6 Å². The van der Waals surface area contributed by atoms with Crippen LogP contribution in [0.3, 0.4) is 0 Å². The molecule has 116 valence electrons. The maximum atomic E-state index is 13.3. The summed E-state index contributed by atoms with van der Waals surface area (Å²) in [5, 5.41) is 0.279. The molecular weight excluding hydrogens is 330 g/mol. The molecule has 2 N–H and O–H groups in total. The minimum Gasteiger partial charge on any atom is -0.490 e. The summed E-state index contributed by atoms with van der Waals surface area (Å²) in [6.07, 6.45) is 0. The van der Waals surface area contributed by atoms with Crippen molar-refractivity contribution in [1.29, 1.82) is 0 Å². The first-order valence-corrected chi connectivity index (χ1v) is 7.72. The summed E-state index contributed by atoms with van der Waals surface area (Å²) >= 11 is 6.91. The Labute approximate surface area is 136 Å². The van der Waals surface area contributed by atoms with Gasteiger partial charge in [-0.2, -0.15) is 0 Å². The molecule has 0 spiro atoms. The van der Waals surface area contributed by atoms with Gasteiger partial charge < -0.3 is 10.5 Å². The Kier molecular flexibility index (Phi) is 6.03. The van der Waals surface area contributed by atoms with E-state index in [1.165, 1.54) is 36.0 Å². The zero-order valence-corrected chi connectivity index (χ0v) is 13.0. The van der Waals surface area contributed by atoms with Gasteiger partial charge in [-0.25, -0.2) is 13.8 Å². The molecule has 2 aromatic rings. The highest BCUT2D eigenvalue weighted by molar-refractivity contribution is 8.13. The van der Waals surface area contributed by atoms with Crippen molar-refractivity contribution in [2.24, 2.45) is 10.7 Å². The number of halogens is 3. The monoisotopic (exact) mass is 342 g/mol. The maximum absolute atomic E-state index is 13.3. The Morgan fingerprint density at radius 3 is 2.68 bits per heavy atom. The summed E-state index contributed by atoms with van der Waals surface area (Å²) in [7, 11) is 0. The summed E-state index contributed by atoms with van der Waals surface area (Å²) in [6.45, 7) is 0.284. The third-order valence-corrected chi connectivity index (χ3v) is 3.62. The molecule has 0 atom stereocenters. The van der Waals surface area contributed by atoms with Crippen LogP contribution in [0.2, 0.25) is 5.02 Å². The molecule has 3 nitrogen and oxygen atoms in total. The van der Waals surface area contributed by atoms with Crippen molar-refractivity contribution < 1.29 is 13.5 Å². The highest BCUT2D eigenvalue weighted by Crippen LogP contribution is 2.22. The largest absolute Gasteiger partial charge is 0.490 e. The Bertz CT molecular complexity index is 682. The van der Waals surface area contributed by atoms with Gasteiger partial charge in [0.15, 0.2) is 16.7 Å². The first kappa shape index (κ1) is 16.6. The van der Waals surface area contributed by atoms with E-state index >= 15 is 0 Å². The predicted octanol–water partition coefficient (Wildman–Crippen LogP) is 4.38. The molecule has 0 amide bonds. The summed E-state index contributed by atoms with van der Waals surface area (Å²) < 4.78 is 31.6. The van der Waals surface area contributed by atoms with E-state index in [1.807, 2.05) is 0 Å². The van der Waals surface area contributed by atoms with Gasteiger partial charge in [-0.15, -0.1) is 0 Å². The second kappa shape index (κ2) is 8.00. The van der Waals surface area contributed by atoms with Crippen LogP contribution < -0.4 is 10.5 Å². The number of para-hydroxylation sites is 1. The van der Waals surface area contributed by atoms with Crippen molar-refractivity contribution in [3.8, 4) is 5.75 Å². The first-order valence-electron chi connectivity index (χ1n) is 6.35. The minimum absolute atomic E-state index is 0.0121. The van der Waals surface area contributed by atoms with E-state index in [0.29, 0.717) is 16.6 Å². The molecule has 0 heterocycles. The van der Waals surface area contributed by atoms with E-state index in [2.05, 4.69) is 4.99 Å². The zero-order chi connectivity index (χ0) is 15.9. The van der Waals surface area contributed by atoms with Gasteiger partial charge in [-0.3, -0.25) is 0 Å². The van der Waals surface area contributed by atoms with Gasteiger partial charge in [0.25, 0.3) is 0 Å². The molecule has 0 bridgehead atoms. The van der Waals surface area contributed by atoms with Gasteiger partial charge in [0, 0.05) is 5.75 Å². The number of aliphatic imine (C=N–C) groups is 1. The number of nitrogens with two attached hydrogens (primary N) is 1. The average molecular weight is 343 g/mol. The highest BCUT2D eigenvalue weighted by atomic mass is 35.5. The van der Waals surface area contributed by atoms with Crippen LogP contribution in [0.5, 0.6) is 5.75 Å².